The van der Waals surface area contributed by atoms with Gasteiger partial charge in [0.2, 0.25) is 11.7 Å². The molecule has 5 nitrogen and oxygen atoms in total. The number of halogens is 2. The molecule has 0 amide bonds. The van der Waals surface area contributed by atoms with Crippen LogP contribution in [0.1, 0.15) is 5.89 Å². The molecule has 0 saturated carbocycles. The molecule has 0 bridgehead atoms. The van der Waals surface area contributed by atoms with Crippen molar-refractivity contribution >= 4 is 46.2 Å². The lowest BCUT2D eigenvalue weighted by atomic mass is 10.2. The van der Waals surface area contributed by atoms with Crippen molar-refractivity contribution in [3.8, 4) is 11.4 Å². The maximum absolute atomic E-state index is 5.99. The van der Waals surface area contributed by atoms with Gasteiger partial charge >= 0.3 is 0 Å². The van der Waals surface area contributed by atoms with Gasteiger partial charge in [-0.1, -0.05) is 40.5 Å². The van der Waals surface area contributed by atoms with E-state index in [9.17, 15) is 0 Å². The highest BCUT2D eigenvalue weighted by atomic mass is 35.5. The molecule has 3 rings (SSSR count). The van der Waals surface area contributed by atoms with Crippen LogP contribution in [-0.4, -0.2) is 27.2 Å². The van der Waals surface area contributed by atoms with Gasteiger partial charge in [0.05, 0.1) is 6.54 Å². The Kier molecular flexibility index (Phi) is 5.53. The molecule has 2 aromatic carbocycles. The molecule has 1 N–H and O–H groups in total. The van der Waals surface area contributed by atoms with E-state index in [1.807, 2.05) is 31.3 Å². The highest BCUT2D eigenvalue weighted by Gasteiger charge is 2.13. The normalized spacial score (nSPS) is 10.5. The Morgan fingerprint density at radius 1 is 1.16 bits per heavy atom. The number of nitrogens with one attached hydrogen (secondary N) is 1. The molecular weight excluding hydrogens is 379 g/mol. The Morgan fingerprint density at radius 3 is 2.64 bits per heavy atom. The van der Waals surface area contributed by atoms with E-state index >= 15 is 0 Å². The largest absolute Gasteiger partial charge is 0.343 e. The summed E-state index contributed by atoms with van der Waals surface area (Å²) in [6.45, 7) is 0.382. The molecule has 0 spiro atoms. The van der Waals surface area contributed by atoms with Crippen LogP contribution in [0.3, 0.4) is 0 Å². The summed E-state index contributed by atoms with van der Waals surface area (Å²) in [5.41, 5.74) is 1.65. The number of anilines is 1. The van der Waals surface area contributed by atoms with Crippen molar-refractivity contribution in [3.63, 3.8) is 0 Å². The van der Waals surface area contributed by atoms with E-state index in [0.717, 1.165) is 11.3 Å². The molecular formula is C17H14Cl2N4OS. The number of benzene rings is 2. The summed E-state index contributed by atoms with van der Waals surface area (Å²) in [5.74, 6) is 0.945. The van der Waals surface area contributed by atoms with E-state index in [1.54, 1.807) is 29.2 Å². The van der Waals surface area contributed by atoms with Crippen LogP contribution >= 0.6 is 35.4 Å². The van der Waals surface area contributed by atoms with Gasteiger partial charge in [-0.05, 0) is 48.6 Å². The molecule has 0 aliphatic heterocycles. The second-order valence-electron chi connectivity index (χ2n) is 5.32. The van der Waals surface area contributed by atoms with Gasteiger partial charge in [0.15, 0.2) is 5.11 Å². The predicted octanol–water partition coefficient (Wildman–Crippen LogP) is 4.87. The highest BCUT2D eigenvalue weighted by Crippen LogP contribution is 2.20. The van der Waals surface area contributed by atoms with E-state index in [0.29, 0.717) is 33.4 Å². The van der Waals surface area contributed by atoms with Gasteiger partial charge in [0.25, 0.3) is 0 Å². The zero-order valence-electron chi connectivity index (χ0n) is 13.2. The number of thiocarbonyl (C=S) groups is 1. The smallest absolute Gasteiger partial charge is 0.246 e. The maximum atomic E-state index is 5.99. The average Bonchev–Trinajstić information content (AvgIpc) is 3.05. The fraction of sp³-hybridized carbons (Fsp3) is 0.118. The third-order valence-electron chi connectivity index (χ3n) is 3.37. The first-order valence-corrected chi connectivity index (χ1v) is 8.54. The molecule has 0 aliphatic carbocycles. The zero-order valence-corrected chi connectivity index (χ0v) is 15.6. The maximum Gasteiger partial charge on any atom is 0.246 e. The van der Waals surface area contributed by atoms with Crippen molar-refractivity contribution in [3.05, 3.63) is 64.5 Å². The number of hydrogen-bond acceptors (Lipinski definition) is 4. The Labute approximate surface area is 160 Å². The van der Waals surface area contributed by atoms with Crippen LogP contribution in [0.15, 0.2) is 53.1 Å². The van der Waals surface area contributed by atoms with Crippen LogP contribution < -0.4 is 5.32 Å². The van der Waals surface area contributed by atoms with Gasteiger partial charge in [-0.2, -0.15) is 4.98 Å². The van der Waals surface area contributed by atoms with Gasteiger partial charge in [0.1, 0.15) is 0 Å². The van der Waals surface area contributed by atoms with Gasteiger partial charge in [0, 0.05) is 28.3 Å². The van der Waals surface area contributed by atoms with Gasteiger partial charge in [-0.15, -0.1) is 0 Å². The van der Waals surface area contributed by atoms with E-state index in [2.05, 4.69) is 15.5 Å². The second-order valence-corrected chi connectivity index (χ2v) is 6.57. The Hall–Kier alpha value is -2.15. The predicted molar refractivity (Wildman–Crippen MR) is 104 cm³/mol. The lowest BCUT2D eigenvalue weighted by Gasteiger charge is -2.19. The van der Waals surface area contributed by atoms with Crippen LogP contribution in [0.4, 0.5) is 5.69 Å². The van der Waals surface area contributed by atoms with Crippen molar-refractivity contribution in [2.45, 2.75) is 6.54 Å². The van der Waals surface area contributed by atoms with Crippen LogP contribution in [0.2, 0.25) is 10.0 Å². The fourth-order valence-corrected chi connectivity index (χ4v) is 2.59. The summed E-state index contributed by atoms with van der Waals surface area (Å²) in [6.07, 6.45) is 0. The van der Waals surface area contributed by atoms with E-state index in [4.69, 9.17) is 39.9 Å². The van der Waals surface area contributed by atoms with Gasteiger partial charge in [-0.3, -0.25) is 0 Å². The molecule has 128 valence electrons. The summed E-state index contributed by atoms with van der Waals surface area (Å²) < 4.78 is 5.29. The summed E-state index contributed by atoms with van der Waals surface area (Å²) in [5, 5.41) is 8.93. The van der Waals surface area contributed by atoms with Crippen LogP contribution in [0.5, 0.6) is 0 Å². The molecule has 0 radical (unpaired) electrons. The lowest BCUT2D eigenvalue weighted by Crippen LogP contribution is -2.30. The minimum atomic E-state index is 0.382. The van der Waals surface area contributed by atoms with Crippen molar-refractivity contribution in [2.75, 3.05) is 12.4 Å². The molecule has 3 aromatic rings. The highest BCUT2D eigenvalue weighted by molar-refractivity contribution is 7.80. The number of nitrogens with zero attached hydrogens (tertiary/aromatic N) is 3. The summed E-state index contributed by atoms with van der Waals surface area (Å²) in [4.78, 5) is 6.18. The standard InChI is InChI=1S/C17H14Cl2N4OS/c1-23(17(25)20-14-7-5-12(18)6-8-14)10-15-21-16(22-24-15)11-3-2-4-13(19)9-11/h2-9H,10H2,1H3,(H,20,25). The molecule has 1 aromatic heterocycles. The molecule has 8 heteroatoms. The average molecular weight is 393 g/mol. The third-order valence-corrected chi connectivity index (χ3v) is 4.27. The van der Waals surface area contributed by atoms with Crippen molar-refractivity contribution in [1.82, 2.24) is 15.0 Å². The molecule has 0 fully saturated rings. The van der Waals surface area contributed by atoms with E-state index < -0.39 is 0 Å². The zero-order chi connectivity index (χ0) is 17.8. The minimum Gasteiger partial charge on any atom is -0.343 e. The first-order chi connectivity index (χ1) is 12.0. The summed E-state index contributed by atoms with van der Waals surface area (Å²) >= 11 is 17.2. The lowest BCUT2D eigenvalue weighted by molar-refractivity contribution is 0.336. The summed E-state index contributed by atoms with van der Waals surface area (Å²) in [6, 6.07) is 14.6. The molecule has 0 saturated heterocycles. The number of hydrogen-bond donors (Lipinski definition) is 1. The molecule has 1 heterocycles. The van der Waals surface area contributed by atoms with Crippen molar-refractivity contribution in [1.29, 1.82) is 0 Å². The molecule has 0 aliphatic rings. The molecule has 0 atom stereocenters. The van der Waals surface area contributed by atoms with Crippen LogP contribution in [0, 0.1) is 0 Å². The Bertz CT molecular complexity index is 882. The fourth-order valence-electron chi connectivity index (χ4n) is 2.09. The second kappa shape index (κ2) is 7.82. The first-order valence-electron chi connectivity index (χ1n) is 7.37. The monoisotopic (exact) mass is 392 g/mol. The summed E-state index contributed by atoms with van der Waals surface area (Å²) in [7, 11) is 1.84. The first kappa shape index (κ1) is 17.7. The molecule has 0 unspecified atom stereocenters. The van der Waals surface area contributed by atoms with Crippen LogP contribution in [-0.2, 0) is 6.54 Å². The third kappa shape index (κ3) is 4.69. The minimum absolute atomic E-state index is 0.382. The molecule has 25 heavy (non-hydrogen) atoms. The van der Waals surface area contributed by atoms with Crippen molar-refractivity contribution in [2.24, 2.45) is 0 Å². The van der Waals surface area contributed by atoms with Crippen LogP contribution in [0.25, 0.3) is 11.4 Å². The van der Waals surface area contributed by atoms with E-state index in [1.165, 1.54) is 0 Å². The Morgan fingerprint density at radius 2 is 1.92 bits per heavy atom. The van der Waals surface area contributed by atoms with Crippen molar-refractivity contribution < 1.29 is 4.52 Å². The topological polar surface area (TPSA) is 54.2 Å². The SMILES string of the molecule is CN(Cc1nc(-c2cccc(Cl)c2)no1)C(=S)Nc1ccc(Cl)cc1. The number of aromatic nitrogens is 2. The van der Waals surface area contributed by atoms with Gasteiger partial charge in [-0.25, -0.2) is 0 Å². The van der Waals surface area contributed by atoms with Gasteiger partial charge < -0.3 is 14.7 Å². The number of rotatable bonds is 4. The van der Waals surface area contributed by atoms with E-state index in [-0.39, 0.29) is 0 Å². The quantitative estimate of drug-likeness (QED) is 0.638. The Balaban J connectivity index is 1.64.